The molecule has 2 rings (SSSR count). The molecule has 1 amide bonds. The van der Waals surface area contributed by atoms with Gasteiger partial charge in [0.1, 0.15) is 0 Å². The predicted molar refractivity (Wildman–Crippen MR) is 124 cm³/mol. The minimum Gasteiger partial charge on any atom is -0.357 e. The van der Waals surface area contributed by atoms with Crippen molar-refractivity contribution < 1.29 is 4.79 Å². The van der Waals surface area contributed by atoms with Gasteiger partial charge >= 0.3 is 0 Å². The van der Waals surface area contributed by atoms with Gasteiger partial charge in [0.2, 0.25) is 5.91 Å². The third kappa shape index (κ3) is 8.95. The molecule has 6 heteroatoms. The Kier molecular flexibility index (Phi) is 12.1. The summed E-state index contributed by atoms with van der Waals surface area (Å²) in [5.74, 6) is 1.13. The summed E-state index contributed by atoms with van der Waals surface area (Å²) >= 11 is 0. The van der Waals surface area contributed by atoms with Crippen molar-refractivity contribution in [1.82, 2.24) is 15.5 Å². The minimum atomic E-state index is 0. The normalized spacial score (nSPS) is 16.7. The number of hydrogen-bond acceptors (Lipinski definition) is 2. The lowest BCUT2D eigenvalue weighted by Crippen LogP contribution is -2.45. The number of nitrogens with one attached hydrogen (secondary N) is 2. The molecule has 1 aromatic rings. The summed E-state index contributed by atoms with van der Waals surface area (Å²) in [6.07, 6.45) is 6.23. The van der Waals surface area contributed by atoms with Gasteiger partial charge in [-0.3, -0.25) is 9.79 Å². The van der Waals surface area contributed by atoms with Crippen molar-refractivity contribution >= 4 is 35.8 Å². The van der Waals surface area contributed by atoms with Crippen LogP contribution in [-0.4, -0.2) is 49.0 Å². The highest BCUT2D eigenvalue weighted by Gasteiger charge is 2.25. The van der Waals surface area contributed by atoms with Gasteiger partial charge in [-0.25, -0.2) is 0 Å². The summed E-state index contributed by atoms with van der Waals surface area (Å²) in [5.41, 5.74) is 1.42. The molecule has 1 aliphatic heterocycles. The Morgan fingerprint density at radius 3 is 2.67 bits per heavy atom. The molecule has 2 N–H and O–H groups in total. The Balaban J connectivity index is 0.00000364. The molecule has 5 nitrogen and oxygen atoms in total. The van der Waals surface area contributed by atoms with E-state index in [1.165, 1.54) is 18.4 Å². The quantitative estimate of drug-likeness (QED) is 0.243. The van der Waals surface area contributed by atoms with Crippen molar-refractivity contribution in [1.29, 1.82) is 0 Å². The number of benzene rings is 1. The van der Waals surface area contributed by atoms with Crippen molar-refractivity contribution in [3.05, 3.63) is 35.9 Å². The number of rotatable bonds is 9. The summed E-state index contributed by atoms with van der Waals surface area (Å²) in [6.45, 7) is 7.33. The first-order valence-corrected chi connectivity index (χ1v) is 10.1. The van der Waals surface area contributed by atoms with Crippen molar-refractivity contribution in [3.63, 3.8) is 0 Å². The van der Waals surface area contributed by atoms with E-state index in [-0.39, 0.29) is 29.9 Å². The zero-order valence-corrected chi connectivity index (χ0v) is 19.1. The van der Waals surface area contributed by atoms with Crippen molar-refractivity contribution in [2.45, 2.75) is 58.4 Å². The Bertz CT molecular complexity index is 565. The van der Waals surface area contributed by atoms with E-state index in [1.54, 1.807) is 0 Å². The average molecular weight is 486 g/mol. The van der Waals surface area contributed by atoms with Gasteiger partial charge in [0.25, 0.3) is 0 Å². The molecule has 0 aromatic heterocycles. The molecule has 152 valence electrons. The van der Waals surface area contributed by atoms with Gasteiger partial charge in [-0.15, -0.1) is 24.0 Å². The lowest BCUT2D eigenvalue weighted by molar-refractivity contribution is -0.129. The van der Waals surface area contributed by atoms with E-state index in [0.717, 1.165) is 51.4 Å². The number of carbonyl (C=O) groups is 1. The van der Waals surface area contributed by atoms with Crippen LogP contribution in [0.3, 0.4) is 0 Å². The van der Waals surface area contributed by atoms with Crippen LogP contribution < -0.4 is 10.6 Å². The van der Waals surface area contributed by atoms with Crippen LogP contribution >= 0.6 is 24.0 Å². The molecule has 0 bridgehead atoms. The first-order chi connectivity index (χ1) is 12.7. The van der Waals surface area contributed by atoms with Crippen LogP contribution in [-0.2, 0) is 11.2 Å². The Labute approximate surface area is 181 Å². The van der Waals surface area contributed by atoms with E-state index in [4.69, 9.17) is 4.99 Å². The zero-order valence-electron chi connectivity index (χ0n) is 16.7. The standard InChI is InChI=1S/C21H34N4O.HI/c1-3-20(26)25-16-14-19(17-25)24-21(22-4-2)23-15-10-6-9-13-18-11-7-5-8-12-18;/h5,7-8,11-12,19H,3-4,6,9-10,13-17H2,1-2H3,(H2,22,23,24);1H. The smallest absolute Gasteiger partial charge is 0.222 e. The van der Waals surface area contributed by atoms with Crippen LogP contribution in [0.25, 0.3) is 0 Å². The molecule has 1 atom stereocenters. The predicted octanol–water partition coefficient (Wildman–Crippen LogP) is 3.58. The lowest BCUT2D eigenvalue weighted by Gasteiger charge is -2.18. The fraction of sp³-hybridized carbons (Fsp3) is 0.619. The molecule has 1 heterocycles. The highest BCUT2D eigenvalue weighted by molar-refractivity contribution is 14.0. The van der Waals surface area contributed by atoms with Gasteiger partial charge in [-0.05, 0) is 38.2 Å². The maximum absolute atomic E-state index is 11.8. The molecule has 0 spiro atoms. The number of carbonyl (C=O) groups excluding carboxylic acids is 1. The summed E-state index contributed by atoms with van der Waals surface area (Å²) in [6, 6.07) is 11.0. The Morgan fingerprint density at radius 2 is 1.96 bits per heavy atom. The summed E-state index contributed by atoms with van der Waals surface area (Å²) < 4.78 is 0. The molecule has 0 saturated carbocycles. The third-order valence-corrected chi connectivity index (χ3v) is 4.76. The number of likely N-dealkylation sites (tertiary alicyclic amines) is 1. The van der Waals surface area contributed by atoms with Gasteiger partial charge in [-0.2, -0.15) is 0 Å². The van der Waals surface area contributed by atoms with Gasteiger partial charge in [0, 0.05) is 38.6 Å². The maximum Gasteiger partial charge on any atom is 0.222 e. The summed E-state index contributed by atoms with van der Waals surface area (Å²) in [4.78, 5) is 18.5. The number of aliphatic imine (C=N–C) groups is 1. The first-order valence-electron chi connectivity index (χ1n) is 10.1. The second-order valence-electron chi connectivity index (χ2n) is 6.88. The van der Waals surface area contributed by atoms with Gasteiger partial charge in [0.05, 0.1) is 0 Å². The number of halogens is 1. The minimum absolute atomic E-state index is 0. The van der Waals surface area contributed by atoms with Crippen LogP contribution in [0, 0.1) is 0 Å². The molecular weight excluding hydrogens is 451 g/mol. The fourth-order valence-electron chi connectivity index (χ4n) is 3.29. The van der Waals surface area contributed by atoms with Gasteiger partial charge in [-0.1, -0.05) is 43.7 Å². The zero-order chi connectivity index (χ0) is 18.6. The van der Waals surface area contributed by atoms with Crippen LogP contribution in [0.5, 0.6) is 0 Å². The molecule has 27 heavy (non-hydrogen) atoms. The highest BCUT2D eigenvalue weighted by Crippen LogP contribution is 2.10. The topological polar surface area (TPSA) is 56.7 Å². The highest BCUT2D eigenvalue weighted by atomic mass is 127. The molecule has 1 saturated heterocycles. The van der Waals surface area contributed by atoms with Gasteiger partial charge < -0.3 is 15.5 Å². The number of amides is 1. The van der Waals surface area contributed by atoms with Crippen LogP contribution in [0.4, 0.5) is 0 Å². The molecule has 1 fully saturated rings. The number of nitrogens with zero attached hydrogens (tertiary/aromatic N) is 2. The van der Waals surface area contributed by atoms with Crippen LogP contribution in [0.15, 0.2) is 35.3 Å². The fourth-order valence-corrected chi connectivity index (χ4v) is 3.29. The van der Waals surface area contributed by atoms with E-state index < -0.39 is 0 Å². The number of guanidine groups is 1. The van der Waals surface area contributed by atoms with E-state index >= 15 is 0 Å². The number of unbranched alkanes of at least 4 members (excludes halogenated alkanes) is 2. The van der Waals surface area contributed by atoms with E-state index in [0.29, 0.717) is 12.5 Å². The third-order valence-electron chi connectivity index (χ3n) is 4.76. The second kappa shape index (κ2) is 13.8. The molecule has 1 aliphatic rings. The molecule has 0 aliphatic carbocycles. The second-order valence-corrected chi connectivity index (χ2v) is 6.88. The van der Waals surface area contributed by atoms with Gasteiger partial charge in [0.15, 0.2) is 5.96 Å². The van der Waals surface area contributed by atoms with E-state index in [9.17, 15) is 4.79 Å². The SMILES string of the molecule is CCNC(=NCCCCCc1ccccc1)NC1CCN(C(=O)CC)C1.I. The number of aryl methyl sites for hydroxylation is 1. The van der Waals surface area contributed by atoms with Crippen LogP contribution in [0.2, 0.25) is 0 Å². The maximum atomic E-state index is 11.8. The molecular formula is C21H35IN4O. The summed E-state index contributed by atoms with van der Waals surface area (Å²) in [5, 5.41) is 6.81. The Hall–Kier alpha value is -1.31. The van der Waals surface area contributed by atoms with Crippen molar-refractivity contribution in [2.75, 3.05) is 26.2 Å². The molecule has 1 aromatic carbocycles. The van der Waals surface area contributed by atoms with Crippen molar-refractivity contribution in [2.24, 2.45) is 4.99 Å². The van der Waals surface area contributed by atoms with E-state index in [2.05, 4.69) is 47.9 Å². The molecule has 0 radical (unpaired) electrons. The van der Waals surface area contributed by atoms with Crippen molar-refractivity contribution in [3.8, 4) is 0 Å². The van der Waals surface area contributed by atoms with E-state index in [1.807, 2.05) is 11.8 Å². The summed E-state index contributed by atoms with van der Waals surface area (Å²) in [7, 11) is 0. The Morgan fingerprint density at radius 1 is 1.19 bits per heavy atom. The average Bonchev–Trinajstić information content (AvgIpc) is 3.13. The monoisotopic (exact) mass is 486 g/mol. The number of hydrogen-bond donors (Lipinski definition) is 2. The van der Waals surface area contributed by atoms with Crippen LogP contribution in [0.1, 0.15) is 51.5 Å². The lowest BCUT2D eigenvalue weighted by atomic mass is 10.1. The largest absolute Gasteiger partial charge is 0.357 e. The first kappa shape index (κ1) is 23.7. The molecule has 1 unspecified atom stereocenters.